The molecule has 2 unspecified atom stereocenters. The maximum atomic E-state index is 12.8. The lowest BCUT2D eigenvalue weighted by Gasteiger charge is -2.39. The third-order valence-corrected chi connectivity index (χ3v) is 7.71. The van der Waals surface area contributed by atoms with Crippen LogP contribution in [0.4, 0.5) is 5.82 Å². The van der Waals surface area contributed by atoms with E-state index in [-0.39, 0.29) is 28.8 Å². The fraction of sp³-hybridized carbons (Fsp3) is 0.500. The Bertz CT molecular complexity index is 1170. The number of nitrogens with one attached hydrogen (secondary N) is 2. The van der Waals surface area contributed by atoms with Gasteiger partial charge in [-0.1, -0.05) is 32.4 Å². The Kier molecular flexibility index (Phi) is 5.83. The molecule has 2 aromatic rings. The third-order valence-electron chi connectivity index (χ3n) is 6.02. The van der Waals surface area contributed by atoms with Crippen LogP contribution in [0.3, 0.4) is 0 Å². The molecule has 1 aliphatic heterocycles. The van der Waals surface area contributed by atoms with E-state index < -0.39 is 21.7 Å². The van der Waals surface area contributed by atoms with Crippen molar-refractivity contribution >= 4 is 39.1 Å². The highest BCUT2D eigenvalue weighted by atomic mass is 35.5. The molecule has 0 radical (unpaired) electrons. The van der Waals surface area contributed by atoms with Crippen molar-refractivity contribution in [2.75, 3.05) is 5.32 Å². The average molecular weight is 479 g/mol. The van der Waals surface area contributed by atoms with Crippen LogP contribution in [-0.4, -0.2) is 36.1 Å². The van der Waals surface area contributed by atoms with E-state index in [0.717, 1.165) is 19.3 Å². The molecule has 2 heterocycles. The minimum atomic E-state index is -3.34. The summed E-state index contributed by atoms with van der Waals surface area (Å²) in [5.74, 6) is -1.37. The van der Waals surface area contributed by atoms with Gasteiger partial charge in [0.25, 0.3) is 0 Å². The molecule has 32 heavy (non-hydrogen) atoms. The summed E-state index contributed by atoms with van der Waals surface area (Å²) in [6.45, 7) is 6.47. The molecular weight excluding hydrogens is 452 g/mol. The summed E-state index contributed by atoms with van der Waals surface area (Å²) in [4.78, 5) is 25.5. The van der Waals surface area contributed by atoms with Gasteiger partial charge in [0.2, 0.25) is 0 Å². The maximum Gasteiger partial charge on any atom is 0.314 e. The summed E-state index contributed by atoms with van der Waals surface area (Å²) < 4.78 is 25.7. The summed E-state index contributed by atoms with van der Waals surface area (Å²) >= 11 is 5.97. The number of halogens is 1. The molecule has 2 aliphatic rings. The number of amides is 2. The molecule has 172 valence electrons. The summed E-state index contributed by atoms with van der Waals surface area (Å²) in [6, 6.07) is 6.68. The number of anilines is 1. The number of hydrogen-bond donors (Lipinski definition) is 2. The zero-order chi connectivity index (χ0) is 23.3. The monoisotopic (exact) mass is 478 g/mol. The highest BCUT2D eigenvalue weighted by Gasteiger charge is 2.36. The fourth-order valence-corrected chi connectivity index (χ4v) is 6.63. The van der Waals surface area contributed by atoms with Crippen LogP contribution in [0, 0.1) is 11.3 Å². The average Bonchev–Trinajstić information content (AvgIpc) is 3.13. The molecule has 1 aliphatic carbocycles. The van der Waals surface area contributed by atoms with Crippen molar-refractivity contribution < 1.29 is 18.0 Å². The highest BCUT2D eigenvalue weighted by Crippen LogP contribution is 2.38. The molecule has 0 saturated heterocycles. The van der Waals surface area contributed by atoms with Crippen molar-refractivity contribution in [2.24, 2.45) is 11.3 Å². The van der Waals surface area contributed by atoms with Gasteiger partial charge in [-0.15, -0.1) is 0 Å². The second-order valence-corrected chi connectivity index (χ2v) is 12.2. The Balaban J connectivity index is 1.57. The van der Waals surface area contributed by atoms with E-state index in [1.807, 2.05) is 0 Å². The van der Waals surface area contributed by atoms with Gasteiger partial charge in [-0.25, -0.2) is 13.1 Å². The number of aromatic nitrogens is 2. The first-order chi connectivity index (χ1) is 14.9. The van der Waals surface area contributed by atoms with Gasteiger partial charge in [0.1, 0.15) is 5.82 Å². The van der Waals surface area contributed by atoms with Gasteiger partial charge in [-0.3, -0.25) is 9.59 Å². The molecule has 4 rings (SSSR count). The number of fused-ring (bicyclic) bond motifs is 1. The SMILES string of the molecule is CC1CC(NC(=O)C(=O)Nc2c3c(nn2-c2ccc(Cl)cc2)CS(=O)(=O)C3)CC(C)(C)C1. The topological polar surface area (TPSA) is 110 Å². The number of nitrogens with zero attached hydrogens (tertiary/aromatic N) is 2. The van der Waals surface area contributed by atoms with Gasteiger partial charge in [0.05, 0.1) is 22.9 Å². The molecule has 1 fully saturated rings. The quantitative estimate of drug-likeness (QED) is 0.658. The number of rotatable bonds is 3. The van der Waals surface area contributed by atoms with Crippen LogP contribution in [0.15, 0.2) is 24.3 Å². The highest BCUT2D eigenvalue weighted by molar-refractivity contribution is 7.90. The molecule has 2 atom stereocenters. The number of sulfone groups is 1. The number of hydrogen-bond acceptors (Lipinski definition) is 5. The van der Waals surface area contributed by atoms with E-state index in [4.69, 9.17) is 11.6 Å². The Morgan fingerprint density at radius 3 is 2.47 bits per heavy atom. The zero-order valence-electron chi connectivity index (χ0n) is 18.3. The summed E-state index contributed by atoms with van der Waals surface area (Å²) in [6.07, 6.45) is 2.69. The lowest BCUT2D eigenvalue weighted by Crippen LogP contribution is -2.46. The molecule has 1 aromatic carbocycles. The molecule has 0 bridgehead atoms. The Morgan fingerprint density at radius 2 is 1.81 bits per heavy atom. The van der Waals surface area contributed by atoms with E-state index in [1.54, 1.807) is 24.3 Å². The molecule has 1 saturated carbocycles. The van der Waals surface area contributed by atoms with Crippen molar-refractivity contribution in [1.29, 1.82) is 0 Å². The molecule has 10 heteroatoms. The summed E-state index contributed by atoms with van der Waals surface area (Å²) in [5.41, 5.74) is 1.47. The Hall–Kier alpha value is -2.39. The lowest BCUT2D eigenvalue weighted by molar-refractivity contribution is -0.137. The largest absolute Gasteiger partial charge is 0.345 e. The molecular formula is C22H27ClN4O4S. The number of carbonyl (C=O) groups excluding carboxylic acids is 2. The van der Waals surface area contributed by atoms with Crippen LogP contribution in [0.5, 0.6) is 0 Å². The predicted molar refractivity (Wildman–Crippen MR) is 122 cm³/mol. The second kappa shape index (κ2) is 8.19. The maximum absolute atomic E-state index is 12.8. The van der Waals surface area contributed by atoms with E-state index in [1.165, 1.54) is 4.68 Å². The second-order valence-electron chi connectivity index (χ2n) is 9.73. The standard InChI is InChI=1S/C22H27ClN4O4S/c1-13-8-15(10-22(2,3)9-13)24-20(28)21(29)25-19-17-11-32(30,31)12-18(17)26-27(19)16-6-4-14(23)5-7-16/h4-7,13,15H,8-12H2,1-3H3,(H,24,28)(H,25,29). The van der Waals surface area contributed by atoms with Crippen LogP contribution >= 0.6 is 11.6 Å². The van der Waals surface area contributed by atoms with Crippen LogP contribution in [0.25, 0.3) is 5.69 Å². The zero-order valence-corrected chi connectivity index (χ0v) is 19.9. The molecule has 8 nitrogen and oxygen atoms in total. The smallest absolute Gasteiger partial charge is 0.314 e. The Labute approximate surface area is 192 Å². The molecule has 0 spiro atoms. The summed E-state index contributed by atoms with van der Waals surface area (Å²) in [7, 11) is -3.34. The van der Waals surface area contributed by atoms with Crippen molar-refractivity contribution in [2.45, 2.75) is 57.6 Å². The molecule has 2 amide bonds. The first-order valence-corrected chi connectivity index (χ1v) is 12.8. The lowest BCUT2D eigenvalue weighted by atomic mass is 9.70. The van der Waals surface area contributed by atoms with E-state index in [0.29, 0.717) is 27.9 Å². The van der Waals surface area contributed by atoms with Crippen LogP contribution in [0.2, 0.25) is 5.02 Å². The van der Waals surface area contributed by atoms with E-state index >= 15 is 0 Å². The van der Waals surface area contributed by atoms with Gasteiger partial charge < -0.3 is 10.6 Å². The van der Waals surface area contributed by atoms with E-state index in [9.17, 15) is 18.0 Å². The first kappa shape index (κ1) is 22.8. The minimum absolute atomic E-state index is 0.0840. The van der Waals surface area contributed by atoms with Crippen molar-refractivity contribution in [3.8, 4) is 5.69 Å². The van der Waals surface area contributed by atoms with Gasteiger partial charge in [-0.05, 0) is 54.9 Å². The third kappa shape index (κ3) is 4.83. The summed E-state index contributed by atoms with van der Waals surface area (Å²) in [5, 5.41) is 10.4. The molecule has 1 aromatic heterocycles. The fourth-order valence-electron chi connectivity index (χ4n) is 5.01. The van der Waals surface area contributed by atoms with Crippen molar-refractivity contribution in [1.82, 2.24) is 15.1 Å². The first-order valence-electron chi connectivity index (χ1n) is 10.6. The van der Waals surface area contributed by atoms with Crippen molar-refractivity contribution in [3.05, 3.63) is 40.5 Å². The predicted octanol–water partition coefficient (Wildman–Crippen LogP) is 3.22. The van der Waals surface area contributed by atoms with Crippen LogP contribution in [0.1, 0.15) is 51.3 Å². The number of carbonyl (C=O) groups is 2. The van der Waals surface area contributed by atoms with Gasteiger partial charge in [-0.2, -0.15) is 5.10 Å². The van der Waals surface area contributed by atoms with Gasteiger partial charge >= 0.3 is 11.8 Å². The van der Waals surface area contributed by atoms with Gasteiger partial charge in [0, 0.05) is 16.6 Å². The number of benzene rings is 1. The van der Waals surface area contributed by atoms with Crippen LogP contribution in [-0.2, 0) is 30.9 Å². The van der Waals surface area contributed by atoms with Crippen molar-refractivity contribution in [3.63, 3.8) is 0 Å². The minimum Gasteiger partial charge on any atom is -0.345 e. The Morgan fingerprint density at radius 1 is 1.12 bits per heavy atom. The van der Waals surface area contributed by atoms with E-state index in [2.05, 4.69) is 36.5 Å². The van der Waals surface area contributed by atoms with Crippen LogP contribution < -0.4 is 10.6 Å². The van der Waals surface area contributed by atoms with Gasteiger partial charge in [0.15, 0.2) is 9.84 Å². The molecule has 2 N–H and O–H groups in total. The normalized spacial score (nSPS) is 23.4.